The van der Waals surface area contributed by atoms with Crippen LogP contribution in [-0.2, 0) is 11.3 Å². The third-order valence-corrected chi connectivity index (χ3v) is 3.64. The second-order valence-electron chi connectivity index (χ2n) is 5.42. The molecule has 128 valence electrons. The van der Waals surface area contributed by atoms with Crippen molar-refractivity contribution in [2.45, 2.75) is 13.0 Å². The summed E-state index contributed by atoms with van der Waals surface area (Å²) in [6.07, 6.45) is 3.80. The van der Waals surface area contributed by atoms with Gasteiger partial charge in [0.15, 0.2) is 6.61 Å². The van der Waals surface area contributed by atoms with Crippen LogP contribution in [-0.4, -0.2) is 33.6 Å². The maximum Gasteiger partial charge on any atom is 0.258 e. The van der Waals surface area contributed by atoms with Crippen LogP contribution in [0.2, 0.25) is 0 Å². The molecule has 0 saturated heterocycles. The van der Waals surface area contributed by atoms with Gasteiger partial charge in [0.1, 0.15) is 6.33 Å². The van der Waals surface area contributed by atoms with Crippen molar-refractivity contribution in [2.24, 2.45) is 0 Å². The van der Waals surface area contributed by atoms with Gasteiger partial charge in [0.2, 0.25) is 11.4 Å². The van der Waals surface area contributed by atoms with Gasteiger partial charge < -0.3 is 14.6 Å². The van der Waals surface area contributed by atoms with Crippen molar-refractivity contribution in [3.05, 3.63) is 65.3 Å². The topological polar surface area (TPSA) is 86.1 Å². The van der Waals surface area contributed by atoms with Crippen LogP contribution in [0.1, 0.15) is 6.42 Å². The first kappa shape index (κ1) is 16.6. The first-order valence-corrected chi connectivity index (χ1v) is 7.99. The quantitative estimate of drug-likeness (QED) is 0.658. The number of carbonyl (C=O) groups excluding carboxylic acids is 1. The van der Waals surface area contributed by atoms with E-state index in [0.29, 0.717) is 25.4 Å². The lowest BCUT2D eigenvalue weighted by Crippen LogP contribution is -2.31. The van der Waals surface area contributed by atoms with Crippen LogP contribution in [0.5, 0.6) is 5.88 Å². The molecule has 1 amide bonds. The van der Waals surface area contributed by atoms with E-state index >= 15 is 0 Å². The summed E-state index contributed by atoms with van der Waals surface area (Å²) in [5, 5.41) is 3.53. The number of carbonyl (C=O) groups is 1. The number of benzene rings is 1. The van der Waals surface area contributed by atoms with Gasteiger partial charge in [0, 0.05) is 25.4 Å². The highest BCUT2D eigenvalue weighted by Gasteiger charge is 2.07. The van der Waals surface area contributed by atoms with E-state index in [2.05, 4.69) is 15.3 Å². The zero-order valence-electron chi connectivity index (χ0n) is 13.6. The lowest BCUT2D eigenvalue weighted by atomic mass is 10.2. The van der Waals surface area contributed by atoms with E-state index in [0.717, 1.165) is 10.9 Å². The van der Waals surface area contributed by atoms with Crippen LogP contribution in [0.3, 0.4) is 0 Å². The number of nitrogens with one attached hydrogen (secondary N) is 1. The number of hydrogen-bond acceptors (Lipinski definition) is 5. The largest absolute Gasteiger partial charge is 0.467 e. The number of pyridine rings is 1. The third kappa shape index (κ3) is 4.41. The van der Waals surface area contributed by atoms with Crippen molar-refractivity contribution in [3.8, 4) is 5.88 Å². The molecule has 7 nitrogen and oxygen atoms in total. The average Bonchev–Trinajstić information content (AvgIpc) is 2.65. The molecule has 0 radical (unpaired) electrons. The van der Waals surface area contributed by atoms with Crippen molar-refractivity contribution in [2.75, 3.05) is 13.2 Å². The Hall–Kier alpha value is -3.22. The van der Waals surface area contributed by atoms with Gasteiger partial charge in [-0.05, 0) is 24.6 Å². The second kappa shape index (κ2) is 8.05. The van der Waals surface area contributed by atoms with Crippen LogP contribution in [0, 0.1) is 0 Å². The molecule has 0 bridgehead atoms. The highest BCUT2D eigenvalue weighted by atomic mass is 16.5. The molecule has 2 heterocycles. The number of hydrogen-bond donors (Lipinski definition) is 1. The molecule has 3 aromatic rings. The molecule has 0 atom stereocenters. The number of aryl methyl sites for hydroxylation is 1. The summed E-state index contributed by atoms with van der Waals surface area (Å²) >= 11 is 0. The zero-order chi connectivity index (χ0) is 17.5. The fourth-order valence-corrected chi connectivity index (χ4v) is 2.40. The number of aromatic nitrogens is 3. The Kier molecular flexibility index (Phi) is 5.36. The van der Waals surface area contributed by atoms with Crippen LogP contribution < -0.4 is 15.6 Å². The summed E-state index contributed by atoms with van der Waals surface area (Å²) < 4.78 is 7.10. The van der Waals surface area contributed by atoms with Gasteiger partial charge in [-0.3, -0.25) is 9.59 Å². The molecular weight excluding hydrogens is 320 g/mol. The van der Waals surface area contributed by atoms with E-state index in [-0.39, 0.29) is 18.1 Å². The predicted octanol–water partition coefficient (Wildman–Crippen LogP) is 1.38. The molecular formula is C18H18N4O3. The lowest BCUT2D eigenvalue weighted by Gasteiger charge is -2.09. The molecule has 3 rings (SSSR count). The third-order valence-electron chi connectivity index (χ3n) is 3.64. The van der Waals surface area contributed by atoms with Crippen molar-refractivity contribution in [1.82, 2.24) is 19.9 Å². The molecule has 2 aromatic heterocycles. The van der Waals surface area contributed by atoms with Gasteiger partial charge in [-0.2, -0.15) is 0 Å². The van der Waals surface area contributed by atoms with Crippen LogP contribution >= 0.6 is 0 Å². The van der Waals surface area contributed by atoms with Gasteiger partial charge in [-0.1, -0.05) is 18.2 Å². The van der Waals surface area contributed by atoms with Gasteiger partial charge in [0.05, 0.1) is 10.9 Å². The number of ether oxygens (including phenoxy) is 1. The fourth-order valence-electron chi connectivity index (χ4n) is 2.40. The second-order valence-corrected chi connectivity index (χ2v) is 5.42. The van der Waals surface area contributed by atoms with E-state index in [9.17, 15) is 9.59 Å². The minimum absolute atomic E-state index is 0.0483. The van der Waals surface area contributed by atoms with Crippen LogP contribution in [0.4, 0.5) is 0 Å². The first-order valence-electron chi connectivity index (χ1n) is 7.99. The summed E-state index contributed by atoms with van der Waals surface area (Å²) in [7, 11) is 0. The molecule has 1 aromatic carbocycles. The van der Waals surface area contributed by atoms with E-state index in [4.69, 9.17) is 4.74 Å². The van der Waals surface area contributed by atoms with Gasteiger partial charge in [-0.25, -0.2) is 9.97 Å². The van der Waals surface area contributed by atoms with Crippen molar-refractivity contribution >= 4 is 16.8 Å². The Morgan fingerprint density at radius 1 is 1.12 bits per heavy atom. The van der Waals surface area contributed by atoms with Crippen LogP contribution in [0.15, 0.2) is 59.8 Å². The summed E-state index contributed by atoms with van der Waals surface area (Å²) in [5.74, 6) is 0.152. The zero-order valence-corrected chi connectivity index (χ0v) is 13.6. The number of rotatable bonds is 7. The molecule has 1 N–H and O–H groups in total. The highest BCUT2D eigenvalue weighted by Crippen LogP contribution is 2.20. The highest BCUT2D eigenvalue weighted by molar-refractivity contribution is 5.83. The standard InChI is InChI=1S/C18H18N4O3/c23-16(19-9-5-11-22-10-4-3-8-17(22)24)12-25-18-14-6-1-2-7-15(14)20-13-21-18/h1-4,6-8,10,13H,5,9,11-12H2,(H,19,23). The summed E-state index contributed by atoms with van der Waals surface area (Å²) in [4.78, 5) is 31.7. The smallest absolute Gasteiger partial charge is 0.258 e. The minimum Gasteiger partial charge on any atom is -0.467 e. The molecule has 0 aliphatic heterocycles. The predicted molar refractivity (Wildman–Crippen MR) is 93.4 cm³/mol. The fraction of sp³-hybridized carbons (Fsp3) is 0.222. The molecule has 0 aliphatic rings. The Morgan fingerprint density at radius 2 is 1.96 bits per heavy atom. The Bertz CT molecular complexity index is 918. The Morgan fingerprint density at radius 3 is 2.84 bits per heavy atom. The molecule has 0 fully saturated rings. The maximum absolute atomic E-state index is 11.9. The number of amides is 1. The van der Waals surface area contributed by atoms with Crippen molar-refractivity contribution in [3.63, 3.8) is 0 Å². The first-order chi connectivity index (χ1) is 12.2. The van der Waals surface area contributed by atoms with E-state index in [1.165, 1.54) is 12.4 Å². The number of nitrogens with zero attached hydrogens (tertiary/aromatic N) is 3. The molecule has 0 spiro atoms. The van der Waals surface area contributed by atoms with Gasteiger partial charge >= 0.3 is 0 Å². The van der Waals surface area contributed by atoms with Crippen molar-refractivity contribution < 1.29 is 9.53 Å². The minimum atomic E-state index is -0.233. The normalized spacial score (nSPS) is 10.6. The van der Waals surface area contributed by atoms with Gasteiger partial charge in [0.25, 0.3) is 5.91 Å². The summed E-state index contributed by atoms with van der Waals surface area (Å²) in [6.45, 7) is 0.900. The average molecular weight is 338 g/mol. The Labute approximate surface area is 144 Å². The van der Waals surface area contributed by atoms with Crippen LogP contribution in [0.25, 0.3) is 10.9 Å². The SMILES string of the molecule is O=C(COc1ncnc2ccccc12)NCCCn1ccccc1=O. The number of para-hydroxylation sites is 1. The lowest BCUT2D eigenvalue weighted by molar-refractivity contribution is -0.123. The molecule has 7 heteroatoms. The molecule has 0 aliphatic carbocycles. The summed E-state index contributed by atoms with van der Waals surface area (Å²) in [5.41, 5.74) is 0.717. The molecule has 0 unspecified atom stereocenters. The van der Waals surface area contributed by atoms with E-state index in [1.54, 1.807) is 22.9 Å². The van der Waals surface area contributed by atoms with Crippen molar-refractivity contribution in [1.29, 1.82) is 0 Å². The van der Waals surface area contributed by atoms with E-state index < -0.39 is 0 Å². The van der Waals surface area contributed by atoms with Gasteiger partial charge in [-0.15, -0.1) is 0 Å². The monoisotopic (exact) mass is 338 g/mol. The Balaban J connectivity index is 1.45. The van der Waals surface area contributed by atoms with E-state index in [1.807, 2.05) is 24.3 Å². The molecule has 0 saturated carbocycles. The summed E-state index contributed by atoms with van der Waals surface area (Å²) in [6, 6.07) is 12.5. The molecule has 25 heavy (non-hydrogen) atoms. The number of fused-ring (bicyclic) bond motifs is 1. The maximum atomic E-state index is 11.9.